The molecule has 1 atom stereocenters. The second-order valence-electron chi connectivity index (χ2n) is 6.51. The molecule has 27 heavy (non-hydrogen) atoms. The smallest absolute Gasteiger partial charge is 0.135 e. The standard InChI is InChI=1S/C21H21BrN4O/c22-16-8-10-19(11-9-16)27-14-18-7-4-12-26(18)21-13-20(23-15-24-21)25-17-5-2-1-3-6-17/h1-3,5-6,8-11,13,15,18H,4,7,12,14H2,(H,23,24,25)/t18-/m0/s1. The lowest BCUT2D eigenvalue weighted by Crippen LogP contribution is -2.34. The molecule has 0 bridgehead atoms. The Hall–Kier alpha value is -2.60. The third-order valence-electron chi connectivity index (χ3n) is 4.63. The van der Waals surface area contributed by atoms with Crippen LogP contribution in [-0.4, -0.2) is 29.2 Å². The molecule has 5 nitrogen and oxygen atoms in total. The van der Waals surface area contributed by atoms with Crippen molar-refractivity contribution >= 4 is 33.3 Å². The predicted molar refractivity (Wildman–Crippen MR) is 112 cm³/mol. The van der Waals surface area contributed by atoms with E-state index >= 15 is 0 Å². The van der Waals surface area contributed by atoms with Crippen molar-refractivity contribution in [3.63, 3.8) is 0 Å². The maximum absolute atomic E-state index is 6.00. The van der Waals surface area contributed by atoms with E-state index in [4.69, 9.17) is 4.74 Å². The third kappa shape index (κ3) is 4.57. The van der Waals surface area contributed by atoms with Crippen LogP contribution in [0.25, 0.3) is 0 Å². The van der Waals surface area contributed by atoms with Gasteiger partial charge in [-0.3, -0.25) is 0 Å². The van der Waals surface area contributed by atoms with Crippen LogP contribution in [0.4, 0.5) is 17.3 Å². The van der Waals surface area contributed by atoms with Gasteiger partial charge in [0.25, 0.3) is 0 Å². The van der Waals surface area contributed by atoms with Crippen molar-refractivity contribution in [2.75, 3.05) is 23.4 Å². The fraction of sp³-hybridized carbons (Fsp3) is 0.238. The van der Waals surface area contributed by atoms with E-state index in [0.29, 0.717) is 12.6 Å². The zero-order valence-electron chi connectivity index (χ0n) is 14.9. The minimum Gasteiger partial charge on any atom is -0.491 e. The fourth-order valence-corrected chi connectivity index (χ4v) is 3.54. The lowest BCUT2D eigenvalue weighted by atomic mass is 10.2. The molecule has 0 spiro atoms. The summed E-state index contributed by atoms with van der Waals surface area (Å²) in [4.78, 5) is 11.2. The van der Waals surface area contributed by atoms with Crippen LogP contribution in [0.5, 0.6) is 5.75 Å². The van der Waals surface area contributed by atoms with Gasteiger partial charge in [0.1, 0.15) is 30.3 Å². The predicted octanol–water partition coefficient (Wildman–Crippen LogP) is 5.03. The first kappa shape index (κ1) is 17.8. The first-order chi connectivity index (χ1) is 13.3. The van der Waals surface area contributed by atoms with Gasteiger partial charge in [0.05, 0.1) is 6.04 Å². The van der Waals surface area contributed by atoms with Gasteiger partial charge < -0.3 is 15.0 Å². The quantitative estimate of drug-likeness (QED) is 0.601. The molecule has 0 radical (unpaired) electrons. The maximum Gasteiger partial charge on any atom is 0.135 e. The molecule has 4 rings (SSSR count). The second-order valence-corrected chi connectivity index (χ2v) is 7.42. The van der Waals surface area contributed by atoms with Gasteiger partial charge in [-0.25, -0.2) is 9.97 Å². The summed E-state index contributed by atoms with van der Waals surface area (Å²) in [6, 6.07) is 20.3. The second kappa shape index (κ2) is 8.39. The zero-order valence-corrected chi connectivity index (χ0v) is 16.5. The minimum absolute atomic E-state index is 0.313. The van der Waals surface area contributed by atoms with Crippen LogP contribution < -0.4 is 15.0 Å². The highest BCUT2D eigenvalue weighted by atomic mass is 79.9. The fourth-order valence-electron chi connectivity index (χ4n) is 3.28. The van der Waals surface area contributed by atoms with E-state index in [9.17, 15) is 0 Å². The largest absolute Gasteiger partial charge is 0.491 e. The van der Waals surface area contributed by atoms with Gasteiger partial charge in [0.2, 0.25) is 0 Å². The van der Waals surface area contributed by atoms with Gasteiger partial charge >= 0.3 is 0 Å². The first-order valence-corrected chi connectivity index (χ1v) is 9.86. The zero-order chi connectivity index (χ0) is 18.5. The lowest BCUT2D eigenvalue weighted by Gasteiger charge is -2.26. The molecule has 2 aromatic carbocycles. The number of rotatable bonds is 6. The average Bonchev–Trinajstić information content (AvgIpc) is 3.17. The molecule has 1 aromatic heterocycles. The molecular weight excluding hydrogens is 404 g/mol. The Morgan fingerprint density at radius 3 is 2.70 bits per heavy atom. The number of nitrogens with zero attached hydrogens (tertiary/aromatic N) is 3. The molecule has 0 aliphatic carbocycles. The summed E-state index contributed by atoms with van der Waals surface area (Å²) < 4.78 is 7.05. The van der Waals surface area contributed by atoms with Crippen molar-refractivity contribution in [1.29, 1.82) is 0 Å². The molecule has 1 fully saturated rings. The number of aromatic nitrogens is 2. The highest BCUT2D eigenvalue weighted by molar-refractivity contribution is 9.10. The monoisotopic (exact) mass is 424 g/mol. The van der Waals surface area contributed by atoms with Crippen molar-refractivity contribution < 1.29 is 4.74 Å². The van der Waals surface area contributed by atoms with E-state index in [1.54, 1.807) is 6.33 Å². The normalized spacial score (nSPS) is 16.3. The maximum atomic E-state index is 6.00. The molecule has 1 aliphatic rings. The Morgan fingerprint density at radius 1 is 1.07 bits per heavy atom. The number of hydrogen-bond acceptors (Lipinski definition) is 5. The van der Waals surface area contributed by atoms with Crippen molar-refractivity contribution in [2.24, 2.45) is 0 Å². The van der Waals surface area contributed by atoms with Crippen LogP contribution in [0.3, 0.4) is 0 Å². The van der Waals surface area contributed by atoms with Crippen LogP contribution in [0.15, 0.2) is 71.5 Å². The Morgan fingerprint density at radius 2 is 1.89 bits per heavy atom. The number of ether oxygens (including phenoxy) is 1. The molecule has 138 valence electrons. The summed E-state index contributed by atoms with van der Waals surface area (Å²) in [5.41, 5.74) is 1.01. The summed E-state index contributed by atoms with van der Waals surface area (Å²) in [5.74, 6) is 2.62. The summed E-state index contributed by atoms with van der Waals surface area (Å²) in [7, 11) is 0. The summed E-state index contributed by atoms with van der Waals surface area (Å²) >= 11 is 3.45. The van der Waals surface area contributed by atoms with Crippen molar-refractivity contribution in [2.45, 2.75) is 18.9 Å². The number of benzene rings is 2. The highest BCUT2D eigenvalue weighted by Crippen LogP contribution is 2.27. The molecule has 0 unspecified atom stereocenters. The van der Waals surface area contributed by atoms with Crippen LogP contribution in [0.1, 0.15) is 12.8 Å². The molecule has 6 heteroatoms. The van der Waals surface area contributed by atoms with Gasteiger partial charge in [0, 0.05) is 22.8 Å². The van der Waals surface area contributed by atoms with Crippen LogP contribution in [0.2, 0.25) is 0 Å². The van der Waals surface area contributed by atoms with Gasteiger partial charge in [0.15, 0.2) is 0 Å². The van der Waals surface area contributed by atoms with E-state index in [1.807, 2.05) is 60.7 Å². The summed E-state index contributed by atoms with van der Waals surface area (Å²) in [5, 5.41) is 3.33. The number of hydrogen-bond donors (Lipinski definition) is 1. The van der Waals surface area contributed by atoms with Gasteiger partial charge in [-0.05, 0) is 49.2 Å². The van der Waals surface area contributed by atoms with Gasteiger partial charge in [-0.15, -0.1) is 0 Å². The highest BCUT2D eigenvalue weighted by Gasteiger charge is 2.26. The average molecular weight is 425 g/mol. The Labute approximate surface area is 167 Å². The Bertz CT molecular complexity index is 873. The summed E-state index contributed by atoms with van der Waals surface area (Å²) in [6.07, 6.45) is 3.85. The van der Waals surface area contributed by atoms with Crippen LogP contribution in [0, 0.1) is 0 Å². The SMILES string of the molecule is Brc1ccc(OC[C@@H]2CCCN2c2cc(Nc3ccccc3)ncn2)cc1. The van der Waals surface area contributed by atoms with Gasteiger partial charge in [-0.2, -0.15) is 0 Å². The van der Waals surface area contributed by atoms with Crippen LogP contribution >= 0.6 is 15.9 Å². The molecule has 1 N–H and O–H groups in total. The van der Waals surface area contributed by atoms with Crippen molar-refractivity contribution in [1.82, 2.24) is 9.97 Å². The lowest BCUT2D eigenvalue weighted by molar-refractivity contribution is 0.288. The third-order valence-corrected chi connectivity index (χ3v) is 5.15. The van der Waals surface area contributed by atoms with Crippen molar-refractivity contribution in [3.8, 4) is 5.75 Å². The number of halogens is 1. The topological polar surface area (TPSA) is 50.3 Å². The summed E-state index contributed by atoms with van der Waals surface area (Å²) in [6.45, 7) is 1.63. The van der Waals surface area contributed by atoms with Crippen molar-refractivity contribution in [3.05, 3.63) is 71.5 Å². The van der Waals surface area contributed by atoms with E-state index in [2.05, 4.69) is 36.1 Å². The van der Waals surface area contributed by atoms with Gasteiger partial charge in [-0.1, -0.05) is 34.1 Å². The Balaban J connectivity index is 1.43. The molecule has 0 amide bonds. The van der Waals surface area contributed by atoms with E-state index in [-0.39, 0.29) is 0 Å². The first-order valence-electron chi connectivity index (χ1n) is 9.07. The van der Waals surface area contributed by atoms with E-state index in [1.165, 1.54) is 0 Å². The van der Waals surface area contributed by atoms with E-state index in [0.717, 1.165) is 46.9 Å². The van der Waals surface area contributed by atoms with Crippen LogP contribution in [-0.2, 0) is 0 Å². The molecule has 2 heterocycles. The van der Waals surface area contributed by atoms with E-state index < -0.39 is 0 Å². The molecule has 0 saturated carbocycles. The molecule has 1 saturated heterocycles. The molecular formula is C21H21BrN4O. The Kier molecular flexibility index (Phi) is 5.53. The number of anilines is 3. The molecule has 1 aliphatic heterocycles. The molecule has 3 aromatic rings. The number of nitrogens with one attached hydrogen (secondary N) is 1. The number of para-hydroxylation sites is 1. The minimum atomic E-state index is 0.313.